The Balaban J connectivity index is 1.49. The van der Waals surface area contributed by atoms with Gasteiger partial charge in [-0.05, 0) is 55.8 Å². The third kappa shape index (κ3) is 5.35. The lowest BCUT2D eigenvalue weighted by molar-refractivity contribution is -0.127. The van der Waals surface area contributed by atoms with Crippen LogP contribution in [0.1, 0.15) is 11.1 Å². The number of para-hydroxylation sites is 2. The molecular weight excluding hydrogens is 468 g/mol. The van der Waals surface area contributed by atoms with Gasteiger partial charge in [-0.3, -0.25) is 9.10 Å². The molecule has 1 N–H and O–H groups in total. The maximum Gasteiger partial charge on any atom is 0.264 e. The molecule has 1 heterocycles. The molecule has 4 rings (SSSR count). The Hall–Kier alpha value is -3.72. The second-order valence-electron chi connectivity index (χ2n) is 8.22. The highest BCUT2D eigenvalue weighted by Crippen LogP contribution is 2.37. The van der Waals surface area contributed by atoms with E-state index in [-0.39, 0.29) is 24.6 Å². The molecule has 184 valence electrons. The number of amides is 1. The van der Waals surface area contributed by atoms with Crippen LogP contribution in [-0.2, 0) is 14.8 Å². The van der Waals surface area contributed by atoms with Crippen LogP contribution in [0.3, 0.4) is 0 Å². The highest BCUT2D eigenvalue weighted by atomic mass is 32.2. The summed E-state index contributed by atoms with van der Waals surface area (Å²) < 4.78 is 45.1. The van der Waals surface area contributed by atoms with Crippen molar-refractivity contribution in [2.75, 3.05) is 31.1 Å². The topological polar surface area (TPSA) is 94.2 Å². The van der Waals surface area contributed by atoms with Crippen LogP contribution in [0.5, 0.6) is 17.2 Å². The number of sulfonamides is 1. The second kappa shape index (κ2) is 10.3. The average Bonchev–Trinajstić information content (AvgIpc) is 2.86. The summed E-state index contributed by atoms with van der Waals surface area (Å²) in [6, 6.07) is 19.1. The molecule has 35 heavy (non-hydrogen) atoms. The van der Waals surface area contributed by atoms with Crippen LogP contribution in [0.25, 0.3) is 0 Å². The van der Waals surface area contributed by atoms with Gasteiger partial charge in [0.1, 0.15) is 12.4 Å². The van der Waals surface area contributed by atoms with Crippen LogP contribution < -0.4 is 23.8 Å². The Kier molecular flexibility index (Phi) is 7.16. The van der Waals surface area contributed by atoms with Gasteiger partial charge in [0.15, 0.2) is 17.6 Å². The number of nitrogens with one attached hydrogen (secondary N) is 1. The third-order valence-corrected chi connectivity index (χ3v) is 7.41. The zero-order valence-electron chi connectivity index (χ0n) is 19.9. The van der Waals surface area contributed by atoms with Crippen molar-refractivity contribution in [3.05, 3.63) is 77.9 Å². The van der Waals surface area contributed by atoms with Gasteiger partial charge in [0, 0.05) is 0 Å². The molecular formula is C26H28N2O6S. The van der Waals surface area contributed by atoms with Gasteiger partial charge < -0.3 is 19.5 Å². The number of nitrogens with zero attached hydrogens (tertiary/aromatic N) is 1. The first-order valence-electron chi connectivity index (χ1n) is 11.2. The zero-order chi connectivity index (χ0) is 25.0. The predicted octanol–water partition coefficient (Wildman–Crippen LogP) is 3.46. The minimum Gasteiger partial charge on any atom is -0.493 e. The van der Waals surface area contributed by atoms with E-state index in [9.17, 15) is 13.2 Å². The molecule has 0 bridgehead atoms. The number of fused-ring (bicyclic) bond motifs is 1. The van der Waals surface area contributed by atoms with Crippen LogP contribution in [-0.4, -0.2) is 47.2 Å². The van der Waals surface area contributed by atoms with Gasteiger partial charge >= 0.3 is 0 Å². The molecule has 0 aromatic heterocycles. The fourth-order valence-corrected chi connectivity index (χ4v) is 5.23. The summed E-state index contributed by atoms with van der Waals surface area (Å²) in [6.45, 7) is 4.04. The van der Waals surface area contributed by atoms with Crippen molar-refractivity contribution < 1.29 is 27.4 Å². The van der Waals surface area contributed by atoms with Crippen molar-refractivity contribution in [3.63, 3.8) is 0 Å². The number of hydrogen-bond acceptors (Lipinski definition) is 6. The lowest BCUT2D eigenvalue weighted by Gasteiger charge is -2.35. The van der Waals surface area contributed by atoms with Crippen LogP contribution in [0, 0.1) is 13.8 Å². The number of benzene rings is 3. The summed E-state index contributed by atoms with van der Waals surface area (Å²) >= 11 is 0. The summed E-state index contributed by atoms with van der Waals surface area (Å²) in [5, 5.41) is 2.77. The average molecular weight is 497 g/mol. The lowest BCUT2D eigenvalue weighted by atomic mass is 10.1. The van der Waals surface area contributed by atoms with Crippen molar-refractivity contribution in [2.24, 2.45) is 0 Å². The highest BCUT2D eigenvalue weighted by molar-refractivity contribution is 7.92. The number of methoxy groups -OCH3 is 1. The predicted molar refractivity (Wildman–Crippen MR) is 133 cm³/mol. The number of ether oxygens (including phenoxy) is 3. The number of carbonyl (C=O) groups is 1. The molecule has 3 aromatic rings. The largest absolute Gasteiger partial charge is 0.493 e. The van der Waals surface area contributed by atoms with Crippen LogP contribution >= 0.6 is 0 Å². The summed E-state index contributed by atoms with van der Waals surface area (Å²) in [6.07, 6.45) is -1.02. The van der Waals surface area contributed by atoms with E-state index >= 15 is 0 Å². The quantitative estimate of drug-likeness (QED) is 0.480. The third-order valence-electron chi connectivity index (χ3n) is 5.61. The van der Waals surface area contributed by atoms with Gasteiger partial charge in [-0.1, -0.05) is 35.9 Å². The van der Waals surface area contributed by atoms with Gasteiger partial charge in [0.25, 0.3) is 15.9 Å². The number of hydrogen-bond donors (Lipinski definition) is 1. The summed E-state index contributed by atoms with van der Waals surface area (Å²) in [5.41, 5.74) is 2.25. The molecule has 1 aliphatic heterocycles. The minimum atomic E-state index is -3.91. The Labute approximate surface area is 205 Å². The monoisotopic (exact) mass is 496 g/mol. The molecule has 0 saturated carbocycles. The second-order valence-corrected chi connectivity index (χ2v) is 10.1. The van der Waals surface area contributed by atoms with Crippen molar-refractivity contribution in [3.8, 4) is 17.2 Å². The Morgan fingerprint density at radius 1 is 1.03 bits per heavy atom. The van der Waals surface area contributed by atoms with Crippen LogP contribution in [0.15, 0.2) is 71.6 Å². The summed E-state index contributed by atoms with van der Waals surface area (Å²) in [7, 11) is -2.35. The molecule has 0 saturated heterocycles. The molecule has 0 radical (unpaired) electrons. The summed E-state index contributed by atoms with van der Waals surface area (Å²) in [5.74, 6) is 1.08. The smallest absolute Gasteiger partial charge is 0.264 e. The molecule has 0 unspecified atom stereocenters. The van der Waals surface area contributed by atoms with E-state index in [2.05, 4.69) is 5.32 Å². The Morgan fingerprint density at radius 2 is 1.71 bits per heavy atom. The van der Waals surface area contributed by atoms with Gasteiger partial charge in [-0.25, -0.2) is 8.42 Å². The first-order chi connectivity index (χ1) is 16.8. The molecule has 0 spiro atoms. The number of aryl methyl sites for hydroxylation is 2. The molecule has 1 amide bonds. The molecule has 3 aromatic carbocycles. The van der Waals surface area contributed by atoms with E-state index in [1.165, 1.54) is 4.31 Å². The molecule has 8 nitrogen and oxygen atoms in total. The number of anilines is 1. The van der Waals surface area contributed by atoms with Gasteiger partial charge in [-0.15, -0.1) is 0 Å². The van der Waals surface area contributed by atoms with Crippen molar-refractivity contribution in [1.82, 2.24) is 5.32 Å². The maximum atomic E-state index is 13.5. The number of carbonyl (C=O) groups excluding carboxylic acids is 1. The molecule has 1 atom stereocenters. The van der Waals surface area contributed by atoms with Crippen LogP contribution in [0.4, 0.5) is 5.69 Å². The van der Waals surface area contributed by atoms with Crippen molar-refractivity contribution in [1.29, 1.82) is 0 Å². The van der Waals surface area contributed by atoms with E-state index in [1.54, 1.807) is 55.6 Å². The van der Waals surface area contributed by atoms with Gasteiger partial charge in [0.2, 0.25) is 0 Å². The van der Waals surface area contributed by atoms with E-state index in [1.807, 2.05) is 32.0 Å². The molecule has 0 fully saturated rings. The first-order valence-corrected chi connectivity index (χ1v) is 12.6. The molecule has 9 heteroatoms. The molecule has 0 aliphatic carbocycles. The van der Waals surface area contributed by atoms with Gasteiger partial charge in [0.05, 0.1) is 30.8 Å². The Morgan fingerprint density at radius 3 is 2.43 bits per heavy atom. The minimum absolute atomic E-state index is 0.147. The van der Waals surface area contributed by atoms with Crippen LogP contribution in [0.2, 0.25) is 0 Å². The normalized spacial score (nSPS) is 15.1. The van der Waals surface area contributed by atoms with E-state index < -0.39 is 22.0 Å². The summed E-state index contributed by atoms with van der Waals surface area (Å²) in [4.78, 5) is 13.1. The van der Waals surface area contributed by atoms with Crippen molar-refractivity contribution >= 4 is 21.6 Å². The van der Waals surface area contributed by atoms with Gasteiger partial charge in [-0.2, -0.15) is 0 Å². The lowest BCUT2D eigenvalue weighted by Crippen LogP contribution is -2.51. The fourth-order valence-electron chi connectivity index (χ4n) is 3.75. The Bertz CT molecular complexity index is 1310. The highest BCUT2D eigenvalue weighted by Gasteiger charge is 2.37. The van der Waals surface area contributed by atoms with Crippen molar-refractivity contribution in [2.45, 2.75) is 24.8 Å². The van der Waals surface area contributed by atoms with E-state index in [4.69, 9.17) is 14.2 Å². The fraction of sp³-hybridized carbons (Fsp3) is 0.269. The first kappa shape index (κ1) is 24.4. The SMILES string of the molecule is COc1ccccc1OCCNC(=O)[C@H]1CN(S(=O)(=O)c2ccc(C)cc2)c2ccc(C)cc2O1. The molecule has 1 aliphatic rings. The standard InChI is InChI=1S/C26H28N2O6S/c1-18-8-11-20(12-9-18)35(30,31)28-17-25(34-24-16-19(2)10-13-21(24)28)26(29)27-14-15-33-23-7-5-4-6-22(23)32-3/h4-13,16,25H,14-15,17H2,1-3H3,(H,27,29)/t25-/m1/s1. The van der Waals surface area contributed by atoms with E-state index in [0.29, 0.717) is 22.9 Å². The number of rotatable bonds is 8. The zero-order valence-corrected chi connectivity index (χ0v) is 20.7. The maximum absolute atomic E-state index is 13.5. The van der Waals surface area contributed by atoms with E-state index in [0.717, 1.165) is 11.1 Å².